The Morgan fingerprint density at radius 1 is 0.955 bits per heavy atom. The lowest BCUT2D eigenvalue weighted by atomic mass is 10.1. The van der Waals surface area contributed by atoms with E-state index in [-0.39, 0.29) is 5.91 Å². The molecular weight excluding hydrogens is 274 g/mol. The lowest BCUT2D eigenvalue weighted by Crippen LogP contribution is -2.14. The van der Waals surface area contributed by atoms with E-state index in [0.29, 0.717) is 17.1 Å². The first-order valence-corrected chi connectivity index (χ1v) is 6.99. The summed E-state index contributed by atoms with van der Waals surface area (Å²) < 4.78 is 0. The van der Waals surface area contributed by atoms with Crippen molar-refractivity contribution < 1.29 is 4.79 Å². The van der Waals surface area contributed by atoms with Crippen LogP contribution in [0.25, 0.3) is 11.3 Å². The largest absolute Gasteiger partial charge is 0.305 e. The van der Waals surface area contributed by atoms with Gasteiger partial charge in [0.25, 0.3) is 5.91 Å². The van der Waals surface area contributed by atoms with Crippen LogP contribution in [0.2, 0.25) is 0 Å². The molecule has 0 saturated heterocycles. The Labute approximate surface area is 128 Å². The first-order valence-electron chi connectivity index (χ1n) is 6.99. The molecule has 0 spiro atoms. The molecule has 3 rings (SSSR count). The van der Waals surface area contributed by atoms with Gasteiger partial charge < -0.3 is 5.32 Å². The summed E-state index contributed by atoms with van der Waals surface area (Å²) in [7, 11) is 0. The van der Waals surface area contributed by atoms with Gasteiger partial charge in [0.2, 0.25) is 0 Å². The van der Waals surface area contributed by atoms with Gasteiger partial charge in [0, 0.05) is 11.1 Å². The zero-order valence-corrected chi connectivity index (χ0v) is 12.2. The van der Waals surface area contributed by atoms with E-state index in [4.69, 9.17) is 0 Å². The van der Waals surface area contributed by atoms with E-state index in [1.165, 1.54) is 0 Å². The molecule has 0 unspecified atom stereocenters. The second-order valence-corrected chi connectivity index (χ2v) is 4.88. The van der Waals surface area contributed by atoms with Crippen LogP contribution in [0.1, 0.15) is 16.1 Å². The number of anilines is 1. The van der Waals surface area contributed by atoms with Crippen LogP contribution >= 0.6 is 0 Å². The van der Waals surface area contributed by atoms with E-state index in [0.717, 1.165) is 11.3 Å². The van der Waals surface area contributed by atoms with Gasteiger partial charge in [-0.25, -0.2) is 9.97 Å². The third kappa shape index (κ3) is 3.01. The maximum atomic E-state index is 12.1. The van der Waals surface area contributed by atoms with Crippen molar-refractivity contribution in [2.45, 2.75) is 6.92 Å². The molecule has 1 heterocycles. The number of rotatable bonds is 3. The maximum absolute atomic E-state index is 12.1. The highest BCUT2D eigenvalue weighted by molar-refractivity contribution is 6.03. The monoisotopic (exact) mass is 289 g/mol. The summed E-state index contributed by atoms with van der Waals surface area (Å²) in [5, 5.41) is 2.79. The number of aromatic nitrogens is 2. The SMILES string of the molecule is Cc1nc(-c2ccccc2)cnc1NC(=O)c1ccccc1. The Hall–Kier alpha value is -3.01. The minimum absolute atomic E-state index is 0.189. The molecule has 0 radical (unpaired) electrons. The smallest absolute Gasteiger partial charge is 0.256 e. The number of carbonyl (C=O) groups is 1. The summed E-state index contributed by atoms with van der Waals surface area (Å²) in [6.07, 6.45) is 1.67. The fraction of sp³-hybridized carbons (Fsp3) is 0.0556. The van der Waals surface area contributed by atoms with Crippen LogP contribution in [-0.4, -0.2) is 15.9 Å². The fourth-order valence-electron chi connectivity index (χ4n) is 2.12. The molecule has 3 aromatic rings. The molecule has 1 amide bonds. The van der Waals surface area contributed by atoms with E-state index >= 15 is 0 Å². The van der Waals surface area contributed by atoms with Crippen LogP contribution in [0, 0.1) is 6.92 Å². The topological polar surface area (TPSA) is 54.9 Å². The minimum atomic E-state index is -0.189. The molecule has 0 fully saturated rings. The van der Waals surface area contributed by atoms with Gasteiger partial charge in [-0.1, -0.05) is 48.5 Å². The highest BCUT2D eigenvalue weighted by Crippen LogP contribution is 2.19. The Balaban J connectivity index is 1.83. The van der Waals surface area contributed by atoms with Crippen molar-refractivity contribution in [2.24, 2.45) is 0 Å². The maximum Gasteiger partial charge on any atom is 0.256 e. The van der Waals surface area contributed by atoms with Gasteiger partial charge in [0.15, 0.2) is 5.82 Å². The molecule has 22 heavy (non-hydrogen) atoms. The number of benzene rings is 2. The van der Waals surface area contributed by atoms with Crippen LogP contribution in [0.4, 0.5) is 5.82 Å². The summed E-state index contributed by atoms with van der Waals surface area (Å²) in [5.41, 5.74) is 3.07. The summed E-state index contributed by atoms with van der Waals surface area (Å²) >= 11 is 0. The third-order valence-electron chi connectivity index (χ3n) is 3.28. The van der Waals surface area contributed by atoms with E-state index in [1.54, 1.807) is 18.3 Å². The molecule has 0 bridgehead atoms. The number of aryl methyl sites for hydroxylation is 1. The summed E-state index contributed by atoms with van der Waals surface area (Å²) in [5.74, 6) is 0.291. The molecule has 4 nitrogen and oxygen atoms in total. The predicted molar refractivity (Wildman–Crippen MR) is 86.6 cm³/mol. The van der Waals surface area contributed by atoms with Crippen molar-refractivity contribution in [3.05, 3.63) is 78.1 Å². The molecular formula is C18H15N3O. The zero-order chi connectivity index (χ0) is 15.4. The van der Waals surface area contributed by atoms with E-state index < -0.39 is 0 Å². The highest BCUT2D eigenvalue weighted by Gasteiger charge is 2.10. The summed E-state index contributed by atoms with van der Waals surface area (Å²) in [6, 6.07) is 18.9. The first kappa shape index (κ1) is 13.9. The van der Waals surface area contributed by atoms with Crippen molar-refractivity contribution in [1.29, 1.82) is 0 Å². The number of amides is 1. The first-order chi connectivity index (χ1) is 10.7. The molecule has 0 aliphatic heterocycles. The van der Waals surface area contributed by atoms with E-state index in [2.05, 4.69) is 15.3 Å². The van der Waals surface area contributed by atoms with Crippen LogP contribution in [0.3, 0.4) is 0 Å². The lowest BCUT2D eigenvalue weighted by molar-refractivity contribution is 0.102. The van der Waals surface area contributed by atoms with Gasteiger partial charge in [0.1, 0.15) is 0 Å². The standard InChI is InChI=1S/C18H15N3O/c1-13-17(21-18(22)15-10-6-3-7-11-15)19-12-16(20-13)14-8-4-2-5-9-14/h2-12H,1H3,(H,19,21,22). The number of hydrogen-bond acceptors (Lipinski definition) is 3. The number of nitrogens with one attached hydrogen (secondary N) is 1. The molecule has 4 heteroatoms. The average molecular weight is 289 g/mol. The normalized spacial score (nSPS) is 10.2. The Bertz CT molecular complexity index is 786. The van der Waals surface area contributed by atoms with Crippen molar-refractivity contribution in [2.75, 3.05) is 5.32 Å². The van der Waals surface area contributed by atoms with Gasteiger partial charge in [-0.3, -0.25) is 4.79 Å². The molecule has 0 saturated carbocycles. The Morgan fingerprint density at radius 3 is 2.23 bits per heavy atom. The number of nitrogens with zero attached hydrogens (tertiary/aromatic N) is 2. The Morgan fingerprint density at radius 2 is 1.59 bits per heavy atom. The van der Waals surface area contributed by atoms with Crippen molar-refractivity contribution in [1.82, 2.24) is 9.97 Å². The molecule has 1 aromatic heterocycles. The predicted octanol–water partition coefficient (Wildman–Crippen LogP) is 3.70. The molecule has 0 atom stereocenters. The molecule has 1 N–H and O–H groups in total. The van der Waals surface area contributed by atoms with Crippen LogP contribution in [0.5, 0.6) is 0 Å². The van der Waals surface area contributed by atoms with Crippen LogP contribution in [0.15, 0.2) is 66.9 Å². The molecule has 2 aromatic carbocycles. The molecule has 0 aliphatic rings. The van der Waals surface area contributed by atoms with Gasteiger partial charge in [-0.2, -0.15) is 0 Å². The molecule has 108 valence electrons. The second kappa shape index (κ2) is 6.18. The van der Waals surface area contributed by atoms with Crippen LogP contribution in [-0.2, 0) is 0 Å². The minimum Gasteiger partial charge on any atom is -0.305 e. The highest BCUT2D eigenvalue weighted by atomic mass is 16.1. The summed E-state index contributed by atoms with van der Waals surface area (Å²) in [4.78, 5) is 21.0. The third-order valence-corrected chi connectivity index (χ3v) is 3.28. The fourth-order valence-corrected chi connectivity index (χ4v) is 2.12. The number of carbonyl (C=O) groups excluding carboxylic acids is 1. The van der Waals surface area contributed by atoms with Crippen molar-refractivity contribution in [3.8, 4) is 11.3 Å². The van der Waals surface area contributed by atoms with Gasteiger partial charge >= 0.3 is 0 Å². The van der Waals surface area contributed by atoms with E-state index in [9.17, 15) is 4.79 Å². The Kier molecular flexibility index (Phi) is 3.92. The van der Waals surface area contributed by atoms with Gasteiger partial charge in [0.05, 0.1) is 17.6 Å². The quantitative estimate of drug-likeness (QED) is 0.799. The summed E-state index contributed by atoms with van der Waals surface area (Å²) in [6.45, 7) is 1.83. The molecule has 0 aliphatic carbocycles. The van der Waals surface area contributed by atoms with Gasteiger partial charge in [-0.15, -0.1) is 0 Å². The second-order valence-electron chi connectivity index (χ2n) is 4.88. The van der Waals surface area contributed by atoms with Crippen molar-refractivity contribution in [3.63, 3.8) is 0 Å². The van der Waals surface area contributed by atoms with Crippen molar-refractivity contribution >= 4 is 11.7 Å². The zero-order valence-electron chi connectivity index (χ0n) is 12.2. The lowest BCUT2D eigenvalue weighted by Gasteiger charge is -2.08. The van der Waals surface area contributed by atoms with E-state index in [1.807, 2.05) is 55.5 Å². The average Bonchev–Trinajstić information content (AvgIpc) is 2.58. The van der Waals surface area contributed by atoms with Gasteiger partial charge in [-0.05, 0) is 19.1 Å². The number of hydrogen-bond donors (Lipinski definition) is 1. The van der Waals surface area contributed by atoms with Crippen LogP contribution < -0.4 is 5.32 Å².